The number of nitrogens with zero attached hydrogens (tertiary/aromatic N) is 1. The fourth-order valence-electron chi connectivity index (χ4n) is 2.60. The van der Waals surface area contributed by atoms with Crippen molar-refractivity contribution >= 4 is 21.8 Å². The molecular formula is C17H26N4O3S. The molecule has 25 heavy (non-hydrogen) atoms. The van der Waals surface area contributed by atoms with Gasteiger partial charge in [0.25, 0.3) is 10.0 Å². The van der Waals surface area contributed by atoms with Gasteiger partial charge < -0.3 is 10.6 Å². The van der Waals surface area contributed by atoms with Gasteiger partial charge in [0.2, 0.25) is 5.91 Å². The molecule has 0 radical (unpaired) electrons. The van der Waals surface area contributed by atoms with Crippen molar-refractivity contribution in [3.63, 3.8) is 0 Å². The third-order valence-electron chi connectivity index (χ3n) is 3.92. The first-order chi connectivity index (χ1) is 12.0. The van der Waals surface area contributed by atoms with Crippen LogP contribution in [0.1, 0.15) is 37.7 Å². The van der Waals surface area contributed by atoms with Gasteiger partial charge in [-0.3, -0.25) is 14.5 Å². The molecule has 1 aromatic carbocycles. The summed E-state index contributed by atoms with van der Waals surface area (Å²) in [6.45, 7) is 2.14. The third-order valence-corrected chi connectivity index (χ3v) is 5.32. The highest BCUT2D eigenvalue weighted by Gasteiger charge is 2.29. The maximum absolute atomic E-state index is 12.0. The second-order valence-electron chi connectivity index (χ2n) is 5.95. The molecule has 1 aliphatic heterocycles. The Kier molecular flexibility index (Phi) is 7.39. The summed E-state index contributed by atoms with van der Waals surface area (Å²) in [5.41, 5.74) is 0.628. The molecule has 0 aromatic heterocycles. The van der Waals surface area contributed by atoms with Crippen molar-refractivity contribution in [2.24, 2.45) is 4.99 Å². The second-order valence-corrected chi connectivity index (χ2v) is 7.60. The number of aliphatic imine (C=N–C) groups is 1. The topological polar surface area (TPSA) is 99.7 Å². The molecule has 0 fully saturated rings. The first kappa shape index (κ1) is 19.4. The standard InChI is InChI=1S/C17H26N4O3S/c1-18-11-7-13-19-16(22)10-3-2-6-12-20-17-14-8-4-5-9-15(14)25(23,24)21-17/h4-5,8-9,18H,2-3,6-7,10-13H2,1H3,(H,19,22)(H,20,21). The molecule has 1 aliphatic rings. The molecule has 0 saturated carbocycles. The normalized spacial score (nSPS) is 16.4. The lowest BCUT2D eigenvalue weighted by molar-refractivity contribution is -0.121. The quantitative estimate of drug-likeness (QED) is 0.538. The van der Waals surface area contributed by atoms with Crippen molar-refractivity contribution in [1.82, 2.24) is 15.4 Å². The van der Waals surface area contributed by atoms with E-state index in [2.05, 4.69) is 20.3 Å². The first-order valence-corrected chi connectivity index (χ1v) is 10.1. The monoisotopic (exact) mass is 366 g/mol. The van der Waals surface area contributed by atoms with Gasteiger partial charge >= 0.3 is 0 Å². The van der Waals surface area contributed by atoms with E-state index in [1.54, 1.807) is 24.3 Å². The van der Waals surface area contributed by atoms with Crippen molar-refractivity contribution in [2.75, 3.05) is 26.7 Å². The SMILES string of the molecule is CNCCCNC(=O)CCCCCN=C1NS(=O)(=O)c2ccccc21. The molecule has 0 bridgehead atoms. The molecule has 0 atom stereocenters. The van der Waals surface area contributed by atoms with Crippen LogP contribution in [0.2, 0.25) is 0 Å². The van der Waals surface area contributed by atoms with Crippen LogP contribution >= 0.6 is 0 Å². The van der Waals surface area contributed by atoms with Gasteiger partial charge in [0.15, 0.2) is 0 Å². The molecule has 1 aromatic rings. The number of carbonyl (C=O) groups is 1. The number of unbranched alkanes of at least 4 members (excludes halogenated alkanes) is 2. The minimum Gasteiger partial charge on any atom is -0.356 e. The number of hydrogen-bond donors (Lipinski definition) is 3. The molecule has 8 heteroatoms. The molecular weight excluding hydrogens is 340 g/mol. The van der Waals surface area contributed by atoms with E-state index in [1.807, 2.05) is 7.05 Å². The molecule has 0 unspecified atom stereocenters. The number of hydrogen-bond acceptors (Lipinski definition) is 5. The Morgan fingerprint density at radius 3 is 2.72 bits per heavy atom. The zero-order valence-corrected chi connectivity index (χ0v) is 15.4. The van der Waals surface area contributed by atoms with Crippen LogP contribution in [-0.2, 0) is 14.8 Å². The van der Waals surface area contributed by atoms with E-state index in [0.717, 1.165) is 32.2 Å². The van der Waals surface area contributed by atoms with Gasteiger partial charge in [-0.1, -0.05) is 18.6 Å². The average molecular weight is 366 g/mol. The number of nitrogens with one attached hydrogen (secondary N) is 3. The molecule has 138 valence electrons. The fraction of sp³-hybridized carbons (Fsp3) is 0.529. The Hall–Kier alpha value is -1.93. The number of rotatable bonds is 10. The summed E-state index contributed by atoms with van der Waals surface area (Å²) < 4.78 is 26.4. The Bertz CT molecular complexity index is 716. The highest BCUT2D eigenvalue weighted by Crippen LogP contribution is 2.22. The lowest BCUT2D eigenvalue weighted by atomic mass is 10.2. The molecule has 0 saturated heterocycles. The Morgan fingerprint density at radius 1 is 1.12 bits per heavy atom. The van der Waals surface area contributed by atoms with Crippen molar-refractivity contribution < 1.29 is 13.2 Å². The summed E-state index contributed by atoms with van der Waals surface area (Å²) >= 11 is 0. The minimum absolute atomic E-state index is 0.0832. The molecule has 0 aliphatic carbocycles. The van der Waals surface area contributed by atoms with Crippen molar-refractivity contribution in [2.45, 2.75) is 37.0 Å². The van der Waals surface area contributed by atoms with Crippen molar-refractivity contribution in [3.05, 3.63) is 29.8 Å². The fourth-order valence-corrected chi connectivity index (χ4v) is 3.85. The third kappa shape index (κ3) is 5.82. The van der Waals surface area contributed by atoms with Gasteiger partial charge in [0, 0.05) is 25.1 Å². The molecule has 7 nitrogen and oxygen atoms in total. The predicted octanol–water partition coefficient (Wildman–Crippen LogP) is 1.01. The minimum atomic E-state index is -3.46. The number of benzene rings is 1. The van der Waals surface area contributed by atoms with Gasteiger partial charge in [0.1, 0.15) is 5.84 Å². The van der Waals surface area contributed by atoms with Gasteiger partial charge in [-0.2, -0.15) is 0 Å². The molecule has 1 heterocycles. The summed E-state index contributed by atoms with van der Waals surface area (Å²) in [5.74, 6) is 0.498. The van der Waals surface area contributed by atoms with Gasteiger partial charge in [-0.25, -0.2) is 8.42 Å². The molecule has 3 N–H and O–H groups in total. The van der Waals surface area contributed by atoms with Gasteiger partial charge in [-0.15, -0.1) is 0 Å². The van der Waals surface area contributed by atoms with Crippen LogP contribution in [0.3, 0.4) is 0 Å². The van der Waals surface area contributed by atoms with Crippen LogP contribution in [0.4, 0.5) is 0 Å². The van der Waals surface area contributed by atoms with Crippen LogP contribution < -0.4 is 15.4 Å². The van der Waals surface area contributed by atoms with Crippen molar-refractivity contribution in [3.8, 4) is 0 Å². The van der Waals surface area contributed by atoms with Crippen LogP contribution in [0, 0.1) is 0 Å². The van der Waals surface area contributed by atoms with E-state index in [4.69, 9.17) is 0 Å². The van der Waals surface area contributed by atoms with E-state index >= 15 is 0 Å². The largest absolute Gasteiger partial charge is 0.356 e. The number of sulfonamides is 1. The summed E-state index contributed by atoms with van der Waals surface area (Å²) in [7, 11) is -1.58. The van der Waals surface area contributed by atoms with E-state index < -0.39 is 10.0 Å². The zero-order chi connectivity index (χ0) is 18.1. The summed E-state index contributed by atoms with van der Waals surface area (Å²) in [6, 6.07) is 6.83. The van der Waals surface area contributed by atoms with E-state index in [9.17, 15) is 13.2 Å². The maximum Gasteiger partial charge on any atom is 0.263 e. The molecule has 1 amide bonds. The number of carbonyl (C=O) groups excluding carboxylic acids is 1. The van der Waals surface area contributed by atoms with E-state index in [0.29, 0.717) is 30.9 Å². The summed E-state index contributed by atoms with van der Waals surface area (Å²) in [6.07, 6.45) is 3.96. The molecule has 0 spiro atoms. The Labute approximate surface area is 149 Å². The first-order valence-electron chi connectivity index (χ1n) is 8.62. The lowest BCUT2D eigenvalue weighted by Gasteiger charge is -2.04. The van der Waals surface area contributed by atoms with E-state index in [1.165, 1.54) is 0 Å². The zero-order valence-electron chi connectivity index (χ0n) is 14.5. The van der Waals surface area contributed by atoms with Crippen LogP contribution in [0.5, 0.6) is 0 Å². The van der Waals surface area contributed by atoms with Crippen LogP contribution in [-0.4, -0.2) is 46.8 Å². The molecule has 2 rings (SSSR count). The number of amides is 1. The van der Waals surface area contributed by atoms with Crippen LogP contribution in [0.25, 0.3) is 0 Å². The smallest absolute Gasteiger partial charge is 0.263 e. The van der Waals surface area contributed by atoms with Crippen LogP contribution in [0.15, 0.2) is 34.2 Å². The lowest BCUT2D eigenvalue weighted by Crippen LogP contribution is -2.26. The summed E-state index contributed by atoms with van der Waals surface area (Å²) in [5, 5.41) is 5.93. The average Bonchev–Trinajstić information content (AvgIpc) is 2.86. The Balaban J connectivity index is 1.67. The number of amidine groups is 1. The van der Waals surface area contributed by atoms with Crippen molar-refractivity contribution in [1.29, 1.82) is 0 Å². The summed E-state index contributed by atoms with van der Waals surface area (Å²) in [4.78, 5) is 16.3. The Morgan fingerprint density at radius 2 is 1.92 bits per heavy atom. The highest BCUT2D eigenvalue weighted by molar-refractivity contribution is 7.90. The van der Waals surface area contributed by atoms with Gasteiger partial charge in [-0.05, 0) is 45.0 Å². The second kappa shape index (κ2) is 9.53. The predicted molar refractivity (Wildman–Crippen MR) is 98.2 cm³/mol. The maximum atomic E-state index is 12.0. The van der Waals surface area contributed by atoms with Gasteiger partial charge in [0.05, 0.1) is 4.90 Å². The van der Waals surface area contributed by atoms with E-state index in [-0.39, 0.29) is 10.8 Å². The number of fused-ring (bicyclic) bond motifs is 1. The highest BCUT2D eigenvalue weighted by atomic mass is 32.2.